The third kappa shape index (κ3) is 4.27. The Bertz CT molecular complexity index is 213. The van der Waals surface area contributed by atoms with E-state index in [9.17, 15) is 0 Å². The molecule has 2 N–H and O–H groups in total. The predicted molar refractivity (Wildman–Crippen MR) is 71.0 cm³/mol. The second-order valence-electron chi connectivity index (χ2n) is 5.33. The smallest absolute Gasteiger partial charge is 0.192 e. The highest BCUT2D eigenvalue weighted by Gasteiger charge is 2.39. The molecule has 0 amide bonds. The molecule has 0 heterocycles. The summed E-state index contributed by atoms with van der Waals surface area (Å²) in [7, 11) is -1.78. The summed E-state index contributed by atoms with van der Waals surface area (Å²) in [4.78, 5) is 0. The molecule has 0 aromatic rings. The van der Waals surface area contributed by atoms with Crippen molar-refractivity contribution in [1.82, 2.24) is 0 Å². The minimum atomic E-state index is -1.78. The number of nitrogens with two attached hydrogens (primary N) is 1. The quantitative estimate of drug-likeness (QED) is 0.462. The summed E-state index contributed by atoms with van der Waals surface area (Å²) in [5, 5.41) is -0.0257. The van der Waals surface area contributed by atoms with E-state index in [-0.39, 0.29) is 16.5 Å². The largest absolute Gasteiger partial charge is 0.411 e. The number of hydrogen-bond acceptors (Lipinski definition) is 2. The highest BCUT2D eigenvalue weighted by Crippen LogP contribution is 2.37. The normalized spacial score (nSPS) is 17.3. The third-order valence-electron chi connectivity index (χ3n) is 3.06. The first-order valence-corrected chi connectivity index (χ1v) is 8.64. The number of alkyl halides is 1. The van der Waals surface area contributed by atoms with Gasteiger partial charge in [0.15, 0.2) is 8.32 Å². The van der Waals surface area contributed by atoms with E-state index in [0.29, 0.717) is 6.54 Å². The van der Waals surface area contributed by atoms with Crippen LogP contribution in [-0.4, -0.2) is 26.3 Å². The van der Waals surface area contributed by atoms with Gasteiger partial charge < -0.3 is 10.2 Å². The van der Waals surface area contributed by atoms with Gasteiger partial charge in [0, 0.05) is 6.54 Å². The van der Waals surface area contributed by atoms with Crippen molar-refractivity contribution in [3.8, 4) is 0 Å². The fourth-order valence-electron chi connectivity index (χ4n) is 0.950. The van der Waals surface area contributed by atoms with Crippen LogP contribution in [0.25, 0.3) is 0 Å². The lowest BCUT2D eigenvalue weighted by molar-refractivity contribution is 0.194. The van der Waals surface area contributed by atoms with Gasteiger partial charge in [-0.1, -0.05) is 26.8 Å². The van der Waals surface area contributed by atoms with E-state index in [1.807, 2.05) is 0 Å². The molecule has 0 bridgehead atoms. The van der Waals surface area contributed by atoms with Crippen LogP contribution in [0.3, 0.4) is 0 Å². The van der Waals surface area contributed by atoms with Crippen LogP contribution < -0.4 is 5.73 Å². The van der Waals surface area contributed by atoms with Crippen LogP contribution in [0.5, 0.6) is 0 Å². The summed E-state index contributed by atoms with van der Waals surface area (Å²) in [6.45, 7) is 15.1. The van der Waals surface area contributed by atoms with Crippen molar-refractivity contribution in [2.75, 3.05) is 6.54 Å². The molecular formula is C11H24ClNOSi. The van der Waals surface area contributed by atoms with Gasteiger partial charge >= 0.3 is 0 Å². The summed E-state index contributed by atoms with van der Waals surface area (Å²) in [6.07, 6.45) is 1.57. The summed E-state index contributed by atoms with van der Waals surface area (Å²) >= 11 is 6.09. The van der Waals surface area contributed by atoms with Gasteiger partial charge in [-0.05, 0) is 18.1 Å². The van der Waals surface area contributed by atoms with Crippen LogP contribution in [0.4, 0.5) is 0 Å². The molecule has 0 saturated heterocycles. The molecule has 0 fully saturated rings. The molecule has 0 radical (unpaired) electrons. The molecule has 0 aromatic carbocycles. The summed E-state index contributed by atoms with van der Waals surface area (Å²) in [5.41, 5.74) is 5.66. The molecule has 0 saturated carbocycles. The van der Waals surface area contributed by atoms with Gasteiger partial charge in [0.25, 0.3) is 0 Å². The molecule has 4 heteroatoms. The van der Waals surface area contributed by atoms with Crippen LogP contribution in [0, 0.1) is 0 Å². The predicted octanol–water partition coefficient (Wildman–Crippen LogP) is 3.13. The maximum atomic E-state index is 6.11. The van der Waals surface area contributed by atoms with E-state index in [4.69, 9.17) is 21.8 Å². The lowest BCUT2D eigenvalue weighted by atomic mass is 10.2. The molecular weight excluding hydrogens is 226 g/mol. The molecule has 15 heavy (non-hydrogen) atoms. The lowest BCUT2D eigenvalue weighted by Gasteiger charge is -2.39. The summed E-state index contributed by atoms with van der Waals surface area (Å²) in [5.74, 6) is 0. The molecule has 0 aliphatic carbocycles. The standard InChI is InChI=1S/C11H24ClNOSi/c1-7-9(12)10(8-13)14-15(5,6)11(2,3)4/h7,9-10H,1,8,13H2,2-6H3/t9-,10+/m1/s1. The lowest BCUT2D eigenvalue weighted by Crippen LogP contribution is -2.48. The zero-order valence-electron chi connectivity index (χ0n) is 10.5. The number of rotatable bonds is 5. The zero-order valence-corrected chi connectivity index (χ0v) is 12.3. The maximum absolute atomic E-state index is 6.11. The molecule has 0 aliphatic rings. The fraction of sp³-hybridized carbons (Fsp3) is 0.818. The Balaban J connectivity index is 4.61. The van der Waals surface area contributed by atoms with E-state index in [2.05, 4.69) is 40.4 Å². The van der Waals surface area contributed by atoms with E-state index in [1.165, 1.54) is 0 Å². The second kappa shape index (κ2) is 5.48. The van der Waals surface area contributed by atoms with Crippen molar-refractivity contribution in [2.24, 2.45) is 5.73 Å². The van der Waals surface area contributed by atoms with Gasteiger partial charge in [0.2, 0.25) is 0 Å². The van der Waals surface area contributed by atoms with Crippen LogP contribution in [0.1, 0.15) is 20.8 Å². The van der Waals surface area contributed by atoms with E-state index in [0.717, 1.165) is 0 Å². The van der Waals surface area contributed by atoms with Gasteiger partial charge in [-0.2, -0.15) is 0 Å². The second-order valence-corrected chi connectivity index (χ2v) is 10.6. The Hall–Kier alpha value is 0.167. The first kappa shape index (κ1) is 15.2. The van der Waals surface area contributed by atoms with Crippen molar-refractivity contribution >= 4 is 19.9 Å². The molecule has 0 aromatic heterocycles. The zero-order chi connectivity index (χ0) is 12.3. The minimum absolute atomic E-state index is 0.120. The highest BCUT2D eigenvalue weighted by molar-refractivity contribution is 6.74. The van der Waals surface area contributed by atoms with E-state index < -0.39 is 8.32 Å². The topological polar surface area (TPSA) is 35.2 Å². The first-order valence-electron chi connectivity index (χ1n) is 5.30. The van der Waals surface area contributed by atoms with Gasteiger partial charge in [0.05, 0.1) is 11.5 Å². The van der Waals surface area contributed by atoms with Crippen molar-refractivity contribution in [3.05, 3.63) is 12.7 Å². The van der Waals surface area contributed by atoms with Crippen LogP contribution >= 0.6 is 11.6 Å². The highest BCUT2D eigenvalue weighted by atomic mass is 35.5. The molecule has 0 aliphatic heterocycles. The molecule has 2 nitrogen and oxygen atoms in total. The van der Waals surface area contributed by atoms with Gasteiger partial charge in [-0.15, -0.1) is 18.2 Å². The number of hydrogen-bond donors (Lipinski definition) is 1. The maximum Gasteiger partial charge on any atom is 0.192 e. The van der Waals surface area contributed by atoms with Crippen LogP contribution in [0.15, 0.2) is 12.7 Å². The molecule has 0 rings (SSSR count). The van der Waals surface area contributed by atoms with E-state index >= 15 is 0 Å². The number of halogens is 1. The van der Waals surface area contributed by atoms with Crippen molar-refractivity contribution in [2.45, 2.75) is 50.4 Å². The van der Waals surface area contributed by atoms with E-state index in [1.54, 1.807) is 6.08 Å². The fourth-order valence-corrected chi connectivity index (χ4v) is 2.54. The molecule has 0 spiro atoms. The minimum Gasteiger partial charge on any atom is -0.411 e. The molecule has 2 atom stereocenters. The Morgan fingerprint density at radius 1 is 1.47 bits per heavy atom. The Morgan fingerprint density at radius 2 is 1.93 bits per heavy atom. The first-order chi connectivity index (χ1) is 6.65. The third-order valence-corrected chi connectivity index (χ3v) is 8.03. The van der Waals surface area contributed by atoms with Crippen molar-refractivity contribution in [1.29, 1.82) is 0 Å². The molecule has 90 valence electrons. The Labute approximate surface area is 100.0 Å². The van der Waals surface area contributed by atoms with Crippen molar-refractivity contribution in [3.63, 3.8) is 0 Å². The van der Waals surface area contributed by atoms with Crippen LogP contribution in [-0.2, 0) is 4.43 Å². The van der Waals surface area contributed by atoms with Crippen molar-refractivity contribution < 1.29 is 4.43 Å². The van der Waals surface area contributed by atoms with Gasteiger partial charge in [-0.3, -0.25) is 0 Å². The summed E-state index contributed by atoms with van der Waals surface area (Å²) in [6, 6.07) is 0. The SMILES string of the molecule is C=C[C@@H](Cl)[C@H](CN)O[Si](C)(C)C(C)(C)C. The Morgan fingerprint density at radius 3 is 2.20 bits per heavy atom. The van der Waals surface area contributed by atoms with Crippen LogP contribution in [0.2, 0.25) is 18.1 Å². The molecule has 0 unspecified atom stereocenters. The monoisotopic (exact) mass is 249 g/mol. The van der Waals surface area contributed by atoms with Gasteiger partial charge in [-0.25, -0.2) is 0 Å². The summed E-state index contributed by atoms with van der Waals surface area (Å²) < 4.78 is 6.11. The Kier molecular flexibility index (Phi) is 5.54. The average Bonchev–Trinajstić information content (AvgIpc) is 2.11. The van der Waals surface area contributed by atoms with Gasteiger partial charge in [0.1, 0.15) is 0 Å². The average molecular weight is 250 g/mol.